The monoisotopic (exact) mass is 320 g/mol. The summed E-state index contributed by atoms with van der Waals surface area (Å²) < 4.78 is 13.7. The number of amides is 3. The zero-order chi connectivity index (χ0) is 17.0. The molecular formula is C17H21FN2O3. The molecular weight excluding hydrogens is 299 g/mol. The number of nitrogens with one attached hydrogen (secondary N) is 1. The zero-order valence-electron chi connectivity index (χ0n) is 13.4. The van der Waals surface area contributed by atoms with Crippen molar-refractivity contribution in [2.24, 2.45) is 0 Å². The quantitative estimate of drug-likeness (QED) is 0.620. The molecule has 1 aromatic carbocycles. The van der Waals surface area contributed by atoms with Gasteiger partial charge >= 0.3 is 6.03 Å². The van der Waals surface area contributed by atoms with Gasteiger partial charge < -0.3 is 5.32 Å². The molecule has 0 atom stereocenters. The van der Waals surface area contributed by atoms with Crippen molar-refractivity contribution in [2.45, 2.75) is 45.1 Å². The van der Waals surface area contributed by atoms with Gasteiger partial charge in [0.1, 0.15) is 11.4 Å². The Morgan fingerprint density at radius 3 is 2.35 bits per heavy atom. The highest BCUT2D eigenvalue weighted by Crippen LogP contribution is 2.28. The molecule has 0 unspecified atom stereocenters. The lowest BCUT2D eigenvalue weighted by molar-refractivity contribution is -0.131. The molecule has 1 N–H and O–H groups in total. The van der Waals surface area contributed by atoms with Gasteiger partial charge in [-0.25, -0.2) is 9.18 Å². The number of ketones is 1. The molecule has 1 saturated heterocycles. The minimum atomic E-state index is -0.934. The predicted molar refractivity (Wildman–Crippen MR) is 83.5 cm³/mol. The molecule has 0 aromatic heterocycles. The fourth-order valence-electron chi connectivity index (χ4n) is 3.05. The van der Waals surface area contributed by atoms with Crippen molar-refractivity contribution in [3.8, 4) is 0 Å². The first-order chi connectivity index (χ1) is 10.9. The van der Waals surface area contributed by atoms with Crippen molar-refractivity contribution >= 4 is 17.7 Å². The van der Waals surface area contributed by atoms with E-state index < -0.39 is 35.6 Å². The summed E-state index contributed by atoms with van der Waals surface area (Å²) in [7, 11) is 0. The number of halogens is 1. The number of imide groups is 1. The van der Waals surface area contributed by atoms with Crippen LogP contribution in [-0.4, -0.2) is 34.7 Å². The number of nitrogens with zero attached hydrogens (tertiary/aromatic N) is 1. The normalized spacial score (nSPS) is 16.6. The van der Waals surface area contributed by atoms with Crippen molar-refractivity contribution in [1.82, 2.24) is 10.2 Å². The highest BCUT2D eigenvalue weighted by molar-refractivity contribution is 6.11. The van der Waals surface area contributed by atoms with Crippen LogP contribution in [0.25, 0.3) is 0 Å². The van der Waals surface area contributed by atoms with Gasteiger partial charge in [0, 0.05) is 0 Å². The lowest BCUT2D eigenvalue weighted by Gasteiger charge is -2.25. The van der Waals surface area contributed by atoms with E-state index in [1.54, 1.807) is 6.07 Å². The molecule has 1 aliphatic heterocycles. The molecule has 0 bridgehead atoms. The maximum absolute atomic E-state index is 13.7. The number of Topliss-reactive ketones (excluding diaryl/α,β-unsaturated/α-hetero) is 1. The number of carbonyl (C=O) groups excluding carboxylic acids is 3. The number of carbonyl (C=O) groups is 3. The van der Waals surface area contributed by atoms with Crippen LogP contribution < -0.4 is 5.32 Å². The molecule has 1 aliphatic rings. The van der Waals surface area contributed by atoms with E-state index in [4.69, 9.17) is 0 Å². The minimum Gasteiger partial charge on any atom is -0.323 e. The summed E-state index contributed by atoms with van der Waals surface area (Å²) in [5.74, 6) is -1.63. The number of benzene rings is 1. The minimum absolute atomic E-state index is 0.114. The second kappa shape index (κ2) is 6.89. The molecule has 23 heavy (non-hydrogen) atoms. The van der Waals surface area contributed by atoms with Crippen LogP contribution in [-0.2, 0) is 4.79 Å². The number of hydrogen-bond acceptors (Lipinski definition) is 3. The Morgan fingerprint density at radius 2 is 1.78 bits per heavy atom. The van der Waals surface area contributed by atoms with Crippen LogP contribution in [0, 0.1) is 5.82 Å². The lowest BCUT2D eigenvalue weighted by atomic mass is 9.88. The van der Waals surface area contributed by atoms with Gasteiger partial charge in [0.25, 0.3) is 5.91 Å². The summed E-state index contributed by atoms with van der Waals surface area (Å²) in [4.78, 5) is 37.9. The maximum Gasteiger partial charge on any atom is 0.325 e. The van der Waals surface area contributed by atoms with Crippen LogP contribution in [0.4, 0.5) is 9.18 Å². The topological polar surface area (TPSA) is 66.5 Å². The Bertz CT molecular complexity index is 624. The molecule has 0 spiro atoms. The number of rotatable bonds is 7. The van der Waals surface area contributed by atoms with Crippen molar-refractivity contribution in [1.29, 1.82) is 0 Å². The summed E-state index contributed by atoms with van der Waals surface area (Å²) in [6.07, 6.45) is 2.52. The lowest BCUT2D eigenvalue weighted by Crippen LogP contribution is -2.47. The fraction of sp³-hybridized carbons (Fsp3) is 0.471. The molecule has 0 aliphatic carbocycles. The Balaban J connectivity index is 2.20. The van der Waals surface area contributed by atoms with Gasteiger partial charge in [-0.15, -0.1) is 0 Å². The molecule has 1 heterocycles. The van der Waals surface area contributed by atoms with E-state index in [0.29, 0.717) is 12.8 Å². The first-order valence-electron chi connectivity index (χ1n) is 7.87. The SMILES string of the molecule is CCCC1(CCC)NC(=O)N(CC(=O)c2ccccc2F)C1=O. The summed E-state index contributed by atoms with van der Waals surface area (Å²) in [6.45, 7) is 3.43. The predicted octanol–water partition coefficient (Wildman–Crippen LogP) is 2.90. The molecule has 124 valence electrons. The van der Waals surface area contributed by atoms with Gasteiger partial charge in [-0.05, 0) is 25.0 Å². The van der Waals surface area contributed by atoms with E-state index >= 15 is 0 Å². The third-order valence-corrected chi connectivity index (χ3v) is 4.08. The van der Waals surface area contributed by atoms with E-state index in [1.807, 2.05) is 13.8 Å². The van der Waals surface area contributed by atoms with Crippen LogP contribution in [0.5, 0.6) is 0 Å². The summed E-state index contributed by atoms with van der Waals surface area (Å²) in [5, 5.41) is 2.73. The van der Waals surface area contributed by atoms with Crippen LogP contribution in [0.1, 0.15) is 49.9 Å². The van der Waals surface area contributed by atoms with Gasteiger partial charge in [-0.1, -0.05) is 38.8 Å². The van der Waals surface area contributed by atoms with Gasteiger partial charge in [0.15, 0.2) is 5.78 Å². The Kier molecular flexibility index (Phi) is 5.13. The van der Waals surface area contributed by atoms with Crippen molar-refractivity contribution in [3.63, 3.8) is 0 Å². The molecule has 1 aromatic rings. The third-order valence-electron chi connectivity index (χ3n) is 4.08. The largest absolute Gasteiger partial charge is 0.325 e. The zero-order valence-corrected chi connectivity index (χ0v) is 13.4. The van der Waals surface area contributed by atoms with Gasteiger partial charge in [0.05, 0.1) is 12.1 Å². The van der Waals surface area contributed by atoms with E-state index in [1.165, 1.54) is 18.2 Å². The molecule has 1 fully saturated rings. The van der Waals surface area contributed by atoms with Crippen molar-refractivity contribution < 1.29 is 18.8 Å². The molecule has 0 saturated carbocycles. The Labute approximate surface area is 134 Å². The van der Waals surface area contributed by atoms with E-state index in [0.717, 1.165) is 17.7 Å². The van der Waals surface area contributed by atoms with Gasteiger partial charge in [0.2, 0.25) is 0 Å². The maximum atomic E-state index is 13.7. The Morgan fingerprint density at radius 1 is 1.17 bits per heavy atom. The van der Waals surface area contributed by atoms with Crippen LogP contribution >= 0.6 is 0 Å². The van der Waals surface area contributed by atoms with Crippen LogP contribution in [0.15, 0.2) is 24.3 Å². The van der Waals surface area contributed by atoms with Crippen molar-refractivity contribution in [3.05, 3.63) is 35.6 Å². The average Bonchev–Trinajstić information content (AvgIpc) is 2.73. The van der Waals surface area contributed by atoms with Gasteiger partial charge in [-0.2, -0.15) is 0 Å². The average molecular weight is 320 g/mol. The highest BCUT2D eigenvalue weighted by atomic mass is 19.1. The van der Waals surface area contributed by atoms with E-state index in [2.05, 4.69) is 5.32 Å². The van der Waals surface area contributed by atoms with E-state index in [-0.39, 0.29) is 5.56 Å². The summed E-state index contributed by atoms with van der Waals surface area (Å²) in [5.41, 5.74) is -1.05. The summed E-state index contributed by atoms with van der Waals surface area (Å²) in [6, 6.07) is 4.97. The number of urea groups is 1. The standard InChI is InChI=1S/C17H21FN2O3/c1-3-9-17(10-4-2)15(22)20(16(23)19-17)11-14(21)12-7-5-6-8-13(12)18/h5-8H,3-4,9-11H2,1-2H3,(H,19,23). The summed E-state index contributed by atoms with van der Waals surface area (Å²) >= 11 is 0. The fourth-order valence-corrected chi connectivity index (χ4v) is 3.05. The smallest absolute Gasteiger partial charge is 0.323 e. The Hall–Kier alpha value is -2.24. The molecule has 2 rings (SSSR count). The first kappa shape index (κ1) is 17.1. The second-order valence-electron chi connectivity index (χ2n) is 5.81. The molecule has 5 nitrogen and oxygen atoms in total. The van der Waals surface area contributed by atoms with E-state index in [9.17, 15) is 18.8 Å². The van der Waals surface area contributed by atoms with Crippen LogP contribution in [0.3, 0.4) is 0 Å². The second-order valence-corrected chi connectivity index (χ2v) is 5.81. The third kappa shape index (κ3) is 3.25. The first-order valence-corrected chi connectivity index (χ1v) is 7.87. The molecule has 3 amide bonds. The van der Waals surface area contributed by atoms with Crippen LogP contribution in [0.2, 0.25) is 0 Å². The highest BCUT2D eigenvalue weighted by Gasteiger charge is 2.50. The van der Waals surface area contributed by atoms with Gasteiger partial charge in [-0.3, -0.25) is 14.5 Å². The van der Waals surface area contributed by atoms with Crippen molar-refractivity contribution in [2.75, 3.05) is 6.54 Å². The number of hydrogen-bond donors (Lipinski definition) is 1. The molecule has 6 heteroatoms. The molecule has 0 radical (unpaired) electrons.